The summed E-state index contributed by atoms with van der Waals surface area (Å²) in [5.41, 5.74) is 0.891. The van der Waals surface area contributed by atoms with Crippen LogP contribution in [0.3, 0.4) is 0 Å². The highest BCUT2D eigenvalue weighted by molar-refractivity contribution is 5.89. The Morgan fingerprint density at radius 1 is 0.964 bits per heavy atom. The van der Waals surface area contributed by atoms with Crippen LogP contribution in [0.4, 0.5) is 5.69 Å². The number of hydrogen-bond donors (Lipinski definition) is 1. The van der Waals surface area contributed by atoms with Crippen LogP contribution < -0.4 is 19.5 Å². The first-order valence-corrected chi connectivity index (χ1v) is 9.57. The first-order chi connectivity index (χ1) is 13.6. The summed E-state index contributed by atoms with van der Waals surface area (Å²) in [6, 6.07) is 12.5. The second-order valence-corrected chi connectivity index (χ2v) is 7.31. The topological polar surface area (TPSA) is 73.9 Å². The van der Waals surface area contributed by atoms with E-state index in [1.807, 2.05) is 18.2 Å². The van der Waals surface area contributed by atoms with Crippen LogP contribution in [0.1, 0.15) is 44.6 Å². The van der Waals surface area contributed by atoms with Crippen molar-refractivity contribution >= 4 is 17.6 Å². The van der Waals surface area contributed by atoms with Gasteiger partial charge in [0.25, 0.3) is 0 Å². The van der Waals surface area contributed by atoms with Crippen LogP contribution in [0.5, 0.6) is 17.2 Å². The molecule has 0 spiro atoms. The van der Waals surface area contributed by atoms with E-state index >= 15 is 0 Å². The van der Waals surface area contributed by atoms with E-state index < -0.39 is 5.41 Å². The molecule has 4 rings (SSSR count). The summed E-state index contributed by atoms with van der Waals surface area (Å²) >= 11 is 0. The molecule has 1 N–H and O–H groups in total. The number of fused-ring (bicyclic) bond motifs is 1. The quantitative estimate of drug-likeness (QED) is 0.635. The summed E-state index contributed by atoms with van der Waals surface area (Å²) in [5, 5.41) is 2.70. The molecule has 1 heterocycles. The molecule has 0 atom stereocenters. The van der Waals surface area contributed by atoms with Gasteiger partial charge in [0, 0.05) is 12.6 Å². The number of carbonyl (C=O) groups excluding carboxylic acids is 2. The average molecular weight is 381 g/mol. The molecule has 1 saturated carbocycles. The maximum atomic E-state index is 13.3. The molecule has 6 heteroatoms. The zero-order chi connectivity index (χ0) is 19.6. The minimum Gasteiger partial charge on any atom is -0.454 e. The Bertz CT molecular complexity index is 884. The Labute approximate surface area is 163 Å². The highest BCUT2D eigenvalue weighted by atomic mass is 16.7. The second kappa shape index (κ2) is 7.54. The van der Waals surface area contributed by atoms with E-state index in [4.69, 9.17) is 14.2 Å². The fourth-order valence-corrected chi connectivity index (χ4v) is 3.97. The maximum absolute atomic E-state index is 13.3. The van der Waals surface area contributed by atoms with Crippen molar-refractivity contribution in [3.8, 4) is 17.2 Å². The Hall–Kier alpha value is -3.02. The van der Waals surface area contributed by atoms with Crippen LogP contribution in [-0.4, -0.2) is 18.7 Å². The number of amides is 1. The average Bonchev–Trinajstić information content (AvgIpc) is 3.17. The molecule has 2 aromatic rings. The third-order valence-electron chi connectivity index (χ3n) is 5.41. The number of hydrogen-bond acceptors (Lipinski definition) is 5. The molecular formula is C22H23NO5. The second-order valence-electron chi connectivity index (χ2n) is 7.31. The summed E-state index contributed by atoms with van der Waals surface area (Å²) in [7, 11) is 0. The minimum absolute atomic E-state index is 0.145. The summed E-state index contributed by atoms with van der Waals surface area (Å²) in [4.78, 5) is 24.4. The van der Waals surface area contributed by atoms with E-state index in [1.54, 1.807) is 24.3 Å². The van der Waals surface area contributed by atoms with Gasteiger partial charge in [0.1, 0.15) is 5.75 Å². The Morgan fingerprint density at radius 3 is 2.39 bits per heavy atom. The van der Waals surface area contributed by atoms with Crippen molar-refractivity contribution in [2.75, 3.05) is 12.1 Å². The fraction of sp³-hybridized carbons (Fsp3) is 0.364. The van der Waals surface area contributed by atoms with E-state index in [-0.39, 0.29) is 18.7 Å². The van der Waals surface area contributed by atoms with Gasteiger partial charge in [0.2, 0.25) is 12.7 Å². The van der Waals surface area contributed by atoms with Gasteiger partial charge in [-0.1, -0.05) is 25.3 Å². The molecular weight excluding hydrogens is 358 g/mol. The first kappa shape index (κ1) is 18.3. The van der Waals surface area contributed by atoms with E-state index in [9.17, 15) is 9.59 Å². The SMILES string of the molecule is CC(=O)Nc1ccc(OC(=O)C2(c3ccc4c(c3)OCO4)CCCCC2)cc1. The molecule has 2 aliphatic rings. The first-order valence-electron chi connectivity index (χ1n) is 9.57. The Morgan fingerprint density at radius 2 is 1.68 bits per heavy atom. The molecule has 1 aliphatic carbocycles. The Kier molecular flexibility index (Phi) is 4.94. The van der Waals surface area contributed by atoms with E-state index in [0.717, 1.165) is 37.7 Å². The van der Waals surface area contributed by atoms with Gasteiger partial charge in [-0.3, -0.25) is 9.59 Å². The van der Waals surface area contributed by atoms with Gasteiger partial charge in [0.15, 0.2) is 11.5 Å². The number of ether oxygens (including phenoxy) is 3. The van der Waals surface area contributed by atoms with Crippen molar-refractivity contribution in [1.29, 1.82) is 0 Å². The molecule has 1 aliphatic heterocycles. The smallest absolute Gasteiger partial charge is 0.321 e. The van der Waals surface area contributed by atoms with Gasteiger partial charge in [-0.25, -0.2) is 0 Å². The molecule has 28 heavy (non-hydrogen) atoms. The zero-order valence-corrected chi connectivity index (χ0v) is 15.8. The molecule has 6 nitrogen and oxygen atoms in total. The van der Waals surface area contributed by atoms with Crippen LogP contribution in [0.15, 0.2) is 42.5 Å². The lowest BCUT2D eigenvalue weighted by Crippen LogP contribution is -2.41. The van der Waals surface area contributed by atoms with Crippen molar-refractivity contribution in [3.63, 3.8) is 0 Å². The van der Waals surface area contributed by atoms with E-state index in [0.29, 0.717) is 22.9 Å². The van der Waals surface area contributed by atoms with Crippen molar-refractivity contribution < 1.29 is 23.8 Å². The van der Waals surface area contributed by atoms with Crippen molar-refractivity contribution in [1.82, 2.24) is 0 Å². The highest BCUT2D eigenvalue weighted by Crippen LogP contribution is 2.44. The molecule has 146 valence electrons. The van der Waals surface area contributed by atoms with Crippen molar-refractivity contribution in [2.45, 2.75) is 44.4 Å². The van der Waals surface area contributed by atoms with Crippen LogP contribution in [-0.2, 0) is 15.0 Å². The normalized spacial score (nSPS) is 17.0. The van der Waals surface area contributed by atoms with Gasteiger partial charge in [-0.15, -0.1) is 0 Å². The number of benzene rings is 2. The molecule has 0 aromatic heterocycles. The molecule has 0 saturated heterocycles. The molecule has 0 bridgehead atoms. The lowest BCUT2D eigenvalue weighted by molar-refractivity contribution is -0.142. The van der Waals surface area contributed by atoms with Crippen LogP contribution in [0.25, 0.3) is 0 Å². The third-order valence-corrected chi connectivity index (χ3v) is 5.41. The lowest BCUT2D eigenvalue weighted by atomic mass is 9.69. The monoisotopic (exact) mass is 381 g/mol. The minimum atomic E-state index is -0.685. The van der Waals surface area contributed by atoms with Crippen LogP contribution in [0.2, 0.25) is 0 Å². The van der Waals surface area contributed by atoms with E-state index in [2.05, 4.69) is 5.32 Å². The molecule has 1 amide bonds. The molecule has 0 radical (unpaired) electrons. The summed E-state index contributed by atoms with van der Waals surface area (Å²) in [5.74, 6) is 1.45. The molecule has 1 fully saturated rings. The van der Waals surface area contributed by atoms with Gasteiger partial charge in [0.05, 0.1) is 5.41 Å². The third kappa shape index (κ3) is 3.54. The number of anilines is 1. The number of carbonyl (C=O) groups is 2. The van der Waals surface area contributed by atoms with Gasteiger partial charge in [-0.2, -0.15) is 0 Å². The van der Waals surface area contributed by atoms with Crippen LogP contribution >= 0.6 is 0 Å². The standard InChI is InChI=1S/C22H23NO5/c1-15(24)23-17-6-8-18(9-7-17)28-21(25)22(11-3-2-4-12-22)16-5-10-19-20(13-16)27-14-26-19/h5-10,13H,2-4,11-12,14H2,1H3,(H,23,24). The summed E-state index contributed by atoms with van der Waals surface area (Å²) < 4.78 is 16.7. The molecule has 2 aromatic carbocycles. The van der Waals surface area contributed by atoms with Crippen molar-refractivity contribution in [2.24, 2.45) is 0 Å². The summed E-state index contributed by atoms with van der Waals surface area (Å²) in [6.45, 7) is 1.66. The number of rotatable bonds is 4. The molecule has 0 unspecified atom stereocenters. The number of nitrogens with one attached hydrogen (secondary N) is 1. The lowest BCUT2D eigenvalue weighted by Gasteiger charge is -2.35. The van der Waals surface area contributed by atoms with E-state index in [1.165, 1.54) is 6.92 Å². The zero-order valence-electron chi connectivity index (χ0n) is 15.8. The van der Waals surface area contributed by atoms with Crippen molar-refractivity contribution in [3.05, 3.63) is 48.0 Å². The highest BCUT2D eigenvalue weighted by Gasteiger charge is 2.43. The number of esters is 1. The van der Waals surface area contributed by atoms with Gasteiger partial charge < -0.3 is 19.5 Å². The predicted molar refractivity (Wildman–Crippen MR) is 104 cm³/mol. The van der Waals surface area contributed by atoms with Crippen LogP contribution in [0, 0.1) is 0 Å². The van der Waals surface area contributed by atoms with Gasteiger partial charge in [-0.05, 0) is 54.8 Å². The van der Waals surface area contributed by atoms with Gasteiger partial charge >= 0.3 is 5.97 Å². The maximum Gasteiger partial charge on any atom is 0.321 e. The largest absolute Gasteiger partial charge is 0.454 e. The fourth-order valence-electron chi connectivity index (χ4n) is 3.97. The predicted octanol–water partition coefficient (Wildman–Crippen LogP) is 4.18. The Balaban J connectivity index is 1.58. The summed E-state index contributed by atoms with van der Waals surface area (Å²) in [6.07, 6.45) is 4.56.